The van der Waals surface area contributed by atoms with Gasteiger partial charge in [0.1, 0.15) is 23.0 Å². The molecule has 127 heavy (non-hydrogen) atoms. The number of piperidine rings is 1. The highest BCUT2D eigenvalue weighted by atomic mass is 35.5. The van der Waals surface area contributed by atoms with Crippen molar-refractivity contribution in [2.45, 2.75) is 162 Å². The highest BCUT2D eigenvalue weighted by Crippen LogP contribution is 2.32. The van der Waals surface area contributed by atoms with Crippen LogP contribution in [0.15, 0.2) is 127 Å². The summed E-state index contributed by atoms with van der Waals surface area (Å²) in [7, 11) is 1.38. The molecule has 8 heterocycles. The summed E-state index contributed by atoms with van der Waals surface area (Å²) in [5, 5.41) is 2.93. The van der Waals surface area contributed by atoms with Crippen molar-refractivity contribution in [3.63, 3.8) is 0 Å². The fraction of sp³-hybridized carbons (Fsp3) is 0.586. The summed E-state index contributed by atoms with van der Waals surface area (Å²) < 4.78 is 59.8. The fourth-order valence-corrected chi connectivity index (χ4v) is 18.2. The first kappa shape index (κ1) is 99.2. The Morgan fingerprint density at radius 2 is 0.748 bits per heavy atom. The SMILES string of the molecule is CC(C)COC(=O)N1CCN(CC(=O)c2ccc(OCCCN3CCC[C@H]3C)cc2)CC1.COC(=O)N1CCN(CC(=O)c2ccc(OCCCN3CCC[C@H]3C)c(Cl)c2)CC1.C[C@@H]1CCCN1CCCOc1ccc(C(=O)CN2CCC(F)(F)CC2)cc1Cl.C[C@@H]1CCCN1CCCOc1ccc(C(=O)CN2CCN(C(=O)c3cccc4ccccc34)CC2)cc1. The average molecular weight is 1800 g/mol. The van der Waals surface area contributed by atoms with Gasteiger partial charge in [-0.1, -0.05) is 73.4 Å². The number of carbonyl (C=O) groups excluding carboxylic acids is 7. The van der Waals surface area contributed by atoms with E-state index in [1.54, 1.807) is 51.1 Å². The van der Waals surface area contributed by atoms with Crippen LogP contribution in [0.2, 0.25) is 10.0 Å². The lowest BCUT2D eigenvalue weighted by atomic mass is 10.0. The van der Waals surface area contributed by atoms with Crippen LogP contribution in [0.5, 0.6) is 23.0 Å². The van der Waals surface area contributed by atoms with Gasteiger partial charge in [-0.3, -0.25) is 43.6 Å². The zero-order valence-corrected chi connectivity index (χ0v) is 77.6. The Kier molecular flexibility index (Phi) is 39.6. The number of amides is 3. The first-order valence-corrected chi connectivity index (χ1v) is 47.3. The number of Topliss-reactive ketones (excluding diaryl/α,β-unsaturated/α-hetero) is 4. The molecule has 4 atom stereocenters. The standard InChI is InChI=1S/C31H37N3O3.C25H39N3O4.C22H32ClN3O4.C21H29ClF2N2O2/c1-24-7-5-16-33(24)17-6-22-37-27-14-12-26(13-15-27)30(35)23-32-18-20-34(21-19-32)31(36)29-11-4-9-25-8-2-3-10-28(25)29;1-20(2)19-32-25(30)28-15-13-26(14-16-28)18-24(29)22-7-9-23(10-8-22)31-17-5-12-27-11-4-6-21(27)3;1-17-5-3-8-25(17)9-4-14-30-21-7-6-18(15-19(21)23)20(27)16-24-10-12-26(13-11-24)22(28)29-2;1-16-4-2-9-26(16)10-3-13-28-20-6-5-17(14-18(20)22)19(27)15-25-11-7-21(23,24)8-12-25/h2-4,8-15,24H,5-7,16-23H2,1H3;7-10,20-21H,4-6,11-19H2,1-3H3;6-7,15,17H,3-5,8-14,16H2,1-2H3;5-6,14,16H,2-4,7-13,15H2,1H3/t24-;21-;17-;16-/m1111/s1. The van der Waals surface area contributed by atoms with Crippen molar-refractivity contribution in [2.24, 2.45) is 5.92 Å². The lowest BCUT2D eigenvalue weighted by molar-refractivity contribution is -0.0537. The van der Waals surface area contributed by atoms with Gasteiger partial charge in [0.25, 0.3) is 11.8 Å². The highest BCUT2D eigenvalue weighted by molar-refractivity contribution is 6.33. The van der Waals surface area contributed by atoms with E-state index in [1.807, 2.05) is 115 Å². The van der Waals surface area contributed by atoms with Crippen molar-refractivity contribution in [1.82, 2.24) is 53.9 Å². The molecule has 24 nitrogen and oxygen atoms in total. The summed E-state index contributed by atoms with van der Waals surface area (Å²) in [6, 6.07) is 41.8. The highest BCUT2D eigenvalue weighted by Gasteiger charge is 2.36. The number of ether oxygens (including phenoxy) is 6. The van der Waals surface area contributed by atoms with Gasteiger partial charge in [0.2, 0.25) is 0 Å². The molecule has 6 aromatic rings. The monoisotopic (exact) mass is 1800 g/mol. The van der Waals surface area contributed by atoms with E-state index in [2.05, 4.69) is 57.1 Å². The van der Waals surface area contributed by atoms with E-state index >= 15 is 0 Å². The number of carbonyl (C=O) groups is 7. The normalized spacial score (nSPS) is 20.4. The molecule has 0 aliphatic carbocycles. The van der Waals surface area contributed by atoms with Crippen molar-refractivity contribution in [1.29, 1.82) is 0 Å². The molecule has 0 saturated carbocycles. The number of rotatable bonds is 35. The average Bonchev–Trinajstić information content (AvgIpc) is 1.62. The third kappa shape index (κ3) is 31.4. The zero-order valence-electron chi connectivity index (χ0n) is 76.1. The largest absolute Gasteiger partial charge is 0.494 e. The van der Waals surface area contributed by atoms with Crippen LogP contribution in [0.1, 0.15) is 183 Å². The van der Waals surface area contributed by atoms with Crippen LogP contribution in [-0.2, 0) is 9.47 Å². The molecule has 6 aromatic carbocycles. The van der Waals surface area contributed by atoms with Crippen LogP contribution >= 0.6 is 23.2 Å². The van der Waals surface area contributed by atoms with E-state index in [0.717, 1.165) is 86.2 Å². The molecule has 0 radical (unpaired) electrons. The second kappa shape index (κ2) is 50.7. The smallest absolute Gasteiger partial charge is 0.409 e. The Labute approximate surface area is 761 Å². The predicted octanol–water partition coefficient (Wildman–Crippen LogP) is 15.9. The van der Waals surface area contributed by atoms with Crippen LogP contribution in [0.25, 0.3) is 10.8 Å². The topological polar surface area (TPSA) is 211 Å². The molecule has 28 heteroatoms. The van der Waals surface area contributed by atoms with Crippen molar-refractivity contribution in [3.8, 4) is 23.0 Å². The van der Waals surface area contributed by atoms with Crippen molar-refractivity contribution >= 4 is 75.2 Å². The third-order valence-corrected chi connectivity index (χ3v) is 26.3. The van der Waals surface area contributed by atoms with E-state index in [0.29, 0.717) is 205 Å². The van der Waals surface area contributed by atoms with E-state index in [1.165, 1.54) is 78.1 Å². The first-order chi connectivity index (χ1) is 61.3. The molecule has 0 aromatic heterocycles. The van der Waals surface area contributed by atoms with Crippen molar-refractivity contribution < 1.29 is 70.8 Å². The summed E-state index contributed by atoms with van der Waals surface area (Å²) in [6.45, 7) is 34.4. The molecule has 3 amide bonds. The maximum Gasteiger partial charge on any atom is 0.409 e. The number of nitrogens with zero attached hydrogens (tertiary/aromatic N) is 11. The summed E-state index contributed by atoms with van der Waals surface area (Å²) in [6.07, 6.45) is 13.3. The second-order valence-corrected chi connectivity index (χ2v) is 36.5. The molecule has 8 saturated heterocycles. The van der Waals surface area contributed by atoms with Gasteiger partial charge in [0, 0.05) is 183 Å². The van der Waals surface area contributed by atoms with Gasteiger partial charge in [-0.25, -0.2) is 18.4 Å². The summed E-state index contributed by atoms with van der Waals surface area (Å²) >= 11 is 12.6. The molecule has 8 fully saturated rings. The molecular formula is C99H137Cl2F2N11O13. The quantitative estimate of drug-likeness (QED) is 0.0267. The molecule has 0 bridgehead atoms. The predicted molar refractivity (Wildman–Crippen MR) is 496 cm³/mol. The number of fused-ring (bicyclic) bond motifs is 1. The molecule has 0 unspecified atom stereocenters. The Morgan fingerprint density at radius 3 is 1.12 bits per heavy atom. The van der Waals surface area contributed by atoms with Crippen LogP contribution < -0.4 is 18.9 Å². The van der Waals surface area contributed by atoms with Crippen LogP contribution in [-0.4, -0.2) is 336 Å². The number of ketones is 4. The summed E-state index contributed by atoms with van der Waals surface area (Å²) in [5.74, 6) is 0.699. The summed E-state index contributed by atoms with van der Waals surface area (Å²) in [4.78, 5) is 111. The third-order valence-electron chi connectivity index (χ3n) is 25.7. The Balaban J connectivity index is 0.000000165. The van der Waals surface area contributed by atoms with Crippen molar-refractivity contribution in [2.75, 3.05) is 210 Å². The van der Waals surface area contributed by atoms with Crippen LogP contribution in [0.4, 0.5) is 18.4 Å². The second-order valence-electron chi connectivity index (χ2n) is 35.6. The van der Waals surface area contributed by atoms with Crippen LogP contribution in [0, 0.1) is 5.92 Å². The van der Waals surface area contributed by atoms with Crippen LogP contribution in [0.3, 0.4) is 0 Å². The zero-order chi connectivity index (χ0) is 90.2. The molecule has 694 valence electrons. The number of halogens is 4. The maximum atomic E-state index is 13.2. The van der Waals surface area contributed by atoms with Gasteiger partial charge >= 0.3 is 12.2 Å². The van der Waals surface area contributed by atoms with Gasteiger partial charge in [-0.05, 0) is 239 Å². The van der Waals surface area contributed by atoms with E-state index in [4.69, 9.17) is 51.6 Å². The van der Waals surface area contributed by atoms with E-state index in [-0.39, 0.29) is 73.7 Å². The Bertz CT molecular complexity index is 4460. The number of hydrogen-bond donors (Lipinski definition) is 0. The number of hydrogen-bond acceptors (Lipinski definition) is 21. The fourth-order valence-electron chi connectivity index (χ4n) is 17.7. The minimum Gasteiger partial charge on any atom is -0.494 e. The lowest BCUT2D eigenvalue weighted by Crippen LogP contribution is -2.50. The summed E-state index contributed by atoms with van der Waals surface area (Å²) in [5.41, 5.74) is 3.21. The van der Waals surface area contributed by atoms with Gasteiger partial charge in [-0.15, -0.1) is 0 Å². The molecular weight excluding hydrogens is 1660 g/mol. The molecule has 0 spiro atoms. The molecule has 8 aliphatic rings. The van der Waals surface area contributed by atoms with Gasteiger partial charge < -0.3 is 62.7 Å². The first-order valence-electron chi connectivity index (χ1n) is 46.5. The maximum absolute atomic E-state index is 13.2. The number of methoxy groups -OCH3 is 1. The van der Waals surface area contributed by atoms with Gasteiger partial charge in [0.15, 0.2) is 23.1 Å². The molecule has 8 aliphatic heterocycles. The minimum absolute atomic E-state index is 0.0120. The minimum atomic E-state index is -2.60. The Morgan fingerprint density at radius 1 is 0.402 bits per heavy atom. The van der Waals surface area contributed by atoms with Gasteiger partial charge in [0.05, 0.1) is 76.4 Å². The molecule has 0 N–H and O–H groups in total. The Hall–Kier alpha value is -8.41. The van der Waals surface area contributed by atoms with Gasteiger partial charge in [-0.2, -0.15) is 0 Å². The van der Waals surface area contributed by atoms with Crippen molar-refractivity contribution in [3.05, 3.63) is 165 Å². The molecule has 14 rings (SSSR count). The van der Waals surface area contributed by atoms with E-state index in [9.17, 15) is 42.3 Å². The lowest BCUT2D eigenvalue weighted by Gasteiger charge is -2.34. The number of alkyl halides is 2. The number of likely N-dealkylation sites (tertiary alicyclic amines) is 5. The number of benzene rings is 6. The van der Waals surface area contributed by atoms with E-state index < -0.39 is 5.92 Å². The number of piperazine rings is 3.